The molecule has 0 aliphatic heterocycles. The molecule has 1 N–H and O–H groups in total. The molecule has 1 aromatic carbocycles. The number of aliphatic carboxylic acids is 1. The van der Waals surface area contributed by atoms with Crippen LogP contribution in [0.3, 0.4) is 0 Å². The van der Waals surface area contributed by atoms with Gasteiger partial charge in [0.05, 0.1) is 18.8 Å². The number of aryl methyl sites for hydroxylation is 2. The second-order valence-electron chi connectivity index (χ2n) is 4.15. The number of benzene rings is 1. The molecule has 0 saturated carbocycles. The lowest BCUT2D eigenvalue weighted by molar-refractivity contribution is -0.137. The lowest BCUT2D eigenvalue weighted by atomic mass is 10.2. The van der Waals surface area contributed by atoms with Gasteiger partial charge in [-0.1, -0.05) is 12.1 Å². The molecule has 5 nitrogen and oxygen atoms in total. The van der Waals surface area contributed by atoms with Gasteiger partial charge in [-0.2, -0.15) is 0 Å². The minimum Gasteiger partial charge on any atom is -0.481 e. The SMILES string of the molecule is Cc1cccc(Oc2cnc(CCC(=O)O)nc2)c1. The zero-order valence-corrected chi connectivity index (χ0v) is 10.5. The summed E-state index contributed by atoms with van der Waals surface area (Å²) in [7, 11) is 0. The quantitative estimate of drug-likeness (QED) is 0.892. The summed E-state index contributed by atoms with van der Waals surface area (Å²) >= 11 is 0. The molecular weight excluding hydrogens is 244 g/mol. The summed E-state index contributed by atoms with van der Waals surface area (Å²) in [6.07, 6.45) is 3.44. The molecular formula is C14H14N2O3. The topological polar surface area (TPSA) is 72.3 Å². The largest absolute Gasteiger partial charge is 0.481 e. The zero-order chi connectivity index (χ0) is 13.7. The van der Waals surface area contributed by atoms with Crippen LogP contribution in [0.4, 0.5) is 0 Å². The van der Waals surface area contributed by atoms with Crippen molar-refractivity contribution in [3.8, 4) is 11.5 Å². The highest BCUT2D eigenvalue weighted by molar-refractivity contribution is 5.66. The van der Waals surface area contributed by atoms with Gasteiger partial charge in [-0.05, 0) is 24.6 Å². The van der Waals surface area contributed by atoms with Crippen LogP contribution in [0.5, 0.6) is 11.5 Å². The van der Waals surface area contributed by atoms with Gasteiger partial charge in [0.15, 0.2) is 5.75 Å². The number of hydrogen-bond acceptors (Lipinski definition) is 4. The van der Waals surface area contributed by atoms with Crippen LogP contribution in [-0.4, -0.2) is 21.0 Å². The van der Waals surface area contributed by atoms with E-state index in [9.17, 15) is 4.79 Å². The second kappa shape index (κ2) is 5.95. The Morgan fingerprint density at radius 2 is 2.00 bits per heavy atom. The minimum absolute atomic E-state index is 0.0259. The maximum absolute atomic E-state index is 10.4. The van der Waals surface area contributed by atoms with Crippen LogP contribution in [0.25, 0.3) is 0 Å². The highest BCUT2D eigenvalue weighted by Gasteiger charge is 2.03. The van der Waals surface area contributed by atoms with Crippen LogP contribution >= 0.6 is 0 Å². The Kier molecular flexibility index (Phi) is 4.07. The molecule has 1 heterocycles. The number of carboxylic acids is 1. The van der Waals surface area contributed by atoms with E-state index >= 15 is 0 Å². The van der Waals surface area contributed by atoms with Crippen molar-refractivity contribution in [2.24, 2.45) is 0 Å². The summed E-state index contributed by atoms with van der Waals surface area (Å²) in [5.74, 6) is 0.897. The number of aromatic nitrogens is 2. The first-order valence-electron chi connectivity index (χ1n) is 5.91. The number of nitrogens with zero attached hydrogens (tertiary/aromatic N) is 2. The summed E-state index contributed by atoms with van der Waals surface area (Å²) in [6.45, 7) is 1.98. The van der Waals surface area contributed by atoms with Gasteiger partial charge in [0, 0.05) is 6.42 Å². The Labute approximate surface area is 110 Å². The van der Waals surface area contributed by atoms with E-state index in [4.69, 9.17) is 9.84 Å². The van der Waals surface area contributed by atoms with Crippen molar-refractivity contribution in [3.05, 3.63) is 48.0 Å². The van der Waals surface area contributed by atoms with Crippen molar-refractivity contribution in [2.45, 2.75) is 19.8 Å². The fourth-order valence-electron chi connectivity index (χ4n) is 1.56. The molecule has 2 rings (SSSR count). The van der Waals surface area contributed by atoms with E-state index in [1.165, 1.54) is 0 Å². The van der Waals surface area contributed by atoms with Crippen molar-refractivity contribution in [1.29, 1.82) is 0 Å². The van der Waals surface area contributed by atoms with Crippen LogP contribution in [0.1, 0.15) is 17.8 Å². The molecule has 0 unspecified atom stereocenters. The second-order valence-corrected chi connectivity index (χ2v) is 4.15. The predicted molar refractivity (Wildman–Crippen MR) is 69.2 cm³/mol. The number of rotatable bonds is 5. The normalized spacial score (nSPS) is 10.2. The average Bonchev–Trinajstić information content (AvgIpc) is 2.38. The standard InChI is InChI=1S/C14H14N2O3/c1-10-3-2-4-11(7-10)19-12-8-15-13(16-9-12)5-6-14(17)18/h2-4,7-9H,5-6H2,1H3,(H,17,18). The highest BCUT2D eigenvalue weighted by atomic mass is 16.5. The number of carbonyl (C=O) groups is 1. The molecule has 2 aromatic rings. The lowest BCUT2D eigenvalue weighted by Gasteiger charge is -2.06. The Balaban J connectivity index is 2.00. The highest BCUT2D eigenvalue weighted by Crippen LogP contribution is 2.20. The van der Waals surface area contributed by atoms with E-state index in [2.05, 4.69) is 9.97 Å². The first kappa shape index (κ1) is 13.0. The molecule has 0 amide bonds. The third kappa shape index (κ3) is 4.06. The molecule has 0 bridgehead atoms. The van der Waals surface area contributed by atoms with Gasteiger partial charge < -0.3 is 9.84 Å². The van der Waals surface area contributed by atoms with Gasteiger partial charge in [0.2, 0.25) is 0 Å². The van der Waals surface area contributed by atoms with Crippen LogP contribution < -0.4 is 4.74 Å². The molecule has 0 aliphatic rings. The van der Waals surface area contributed by atoms with Crippen molar-refractivity contribution in [2.75, 3.05) is 0 Å². The summed E-state index contributed by atoms with van der Waals surface area (Å²) in [6, 6.07) is 7.66. The van der Waals surface area contributed by atoms with Gasteiger partial charge in [0.25, 0.3) is 0 Å². The minimum atomic E-state index is -0.858. The lowest BCUT2D eigenvalue weighted by Crippen LogP contribution is -2.01. The van der Waals surface area contributed by atoms with E-state index in [0.717, 1.165) is 11.3 Å². The monoisotopic (exact) mass is 258 g/mol. The molecule has 5 heteroatoms. The van der Waals surface area contributed by atoms with E-state index < -0.39 is 5.97 Å². The Morgan fingerprint density at radius 3 is 2.63 bits per heavy atom. The summed E-state index contributed by atoms with van der Waals surface area (Å²) in [5, 5.41) is 8.57. The fraction of sp³-hybridized carbons (Fsp3) is 0.214. The summed E-state index contributed by atoms with van der Waals surface area (Å²) < 4.78 is 5.60. The number of ether oxygens (including phenoxy) is 1. The van der Waals surface area contributed by atoms with Crippen LogP contribution in [0.15, 0.2) is 36.7 Å². The molecule has 0 radical (unpaired) electrons. The molecule has 0 saturated heterocycles. The zero-order valence-electron chi connectivity index (χ0n) is 10.5. The fourth-order valence-corrected chi connectivity index (χ4v) is 1.56. The van der Waals surface area contributed by atoms with Crippen molar-refractivity contribution in [3.63, 3.8) is 0 Å². The van der Waals surface area contributed by atoms with Crippen molar-refractivity contribution < 1.29 is 14.6 Å². The maximum atomic E-state index is 10.4. The maximum Gasteiger partial charge on any atom is 0.303 e. The van der Waals surface area contributed by atoms with Crippen LogP contribution in [-0.2, 0) is 11.2 Å². The number of hydrogen-bond donors (Lipinski definition) is 1. The molecule has 19 heavy (non-hydrogen) atoms. The molecule has 0 fully saturated rings. The van der Waals surface area contributed by atoms with E-state index in [1.54, 1.807) is 12.4 Å². The molecule has 0 atom stereocenters. The third-order valence-corrected chi connectivity index (χ3v) is 2.47. The molecule has 1 aromatic heterocycles. The summed E-state index contributed by atoms with van der Waals surface area (Å²) in [5.41, 5.74) is 1.11. The van der Waals surface area contributed by atoms with Crippen molar-refractivity contribution in [1.82, 2.24) is 9.97 Å². The first-order chi connectivity index (χ1) is 9.13. The Morgan fingerprint density at radius 1 is 1.26 bits per heavy atom. The summed E-state index contributed by atoms with van der Waals surface area (Å²) in [4.78, 5) is 18.6. The Hall–Kier alpha value is -2.43. The number of carboxylic acid groups (broad SMARTS) is 1. The van der Waals surface area contributed by atoms with Crippen LogP contribution in [0.2, 0.25) is 0 Å². The molecule has 98 valence electrons. The van der Waals surface area contributed by atoms with Gasteiger partial charge in [-0.15, -0.1) is 0 Å². The average molecular weight is 258 g/mol. The van der Waals surface area contributed by atoms with E-state index in [0.29, 0.717) is 18.0 Å². The van der Waals surface area contributed by atoms with Gasteiger partial charge in [0.1, 0.15) is 11.6 Å². The smallest absolute Gasteiger partial charge is 0.303 e. The van der Waals surface area contributed by atoms with Gasteiger partial charge >= 0.3 is 5.97 Å². The third-order valence-electron chi connectivity index (χ3n) is 2.47. The molecule has 0 spiro atoms. The molecule has 0 aliphatic carbocycles. The Bertz CT molecular complexity index is 567. The van der Waals surface area contributed by atoms with Crippen molar-refractivity contribution >= 4 is 5.97 Å². The van der Waals surface area contributed by atoms with E-state index in [1.807, 2.05) is 31.2 Å². The van der Waals surface area contributed by atoms with Gasteiger partial charge in [-0.25, -0.2) is 9.97 Å². The predicted octanol–water partition coefficient (Wildman–Crippen LogP) is 2.59. The van der Waals surface area contributed by atoms with Gasteiger partial charge in [-0.3, -0.25) is 4.79 Å². The van der Waals surface area contributed by atoms with E-state index in [-0.39, 0.29) is 6.42 Å². The first-order valence-corrected chi connectivity index (χ1v) is 5.91. The van der Waals surface area contributed by atoms with Crippen LogP contribution in [0, 0.1) is 6.92 Å².